The van der Waals surface area contributed by atoms with E-state index in [4.69, 9.17) is 9.84 Å². The van der Waals surface area contributed by atoms with E-state index in [1.165, 1.54) is 19.2 Å². The number of ether oxygens (including phenoxy) is 1. The molecule has 0 spiro atoms. The van der Waals surface area contributed by atoms with Crippen LogP contribution in [0.3, 0.4) is 0 Å². The number of rotatable bonds is 8. The summed E-state index contributed by atoms with van der Waals surface area (Å²) in [4.78, 5) is 10.9. The van der Waals surface area contributed by atoms with E-state index in [9.17, 15) is 13.2 Å². The number of carboxylic acids is 1. The maximum Gasteiger partial charge on any atom is 0.307 e. The number of nitrogens with one attached hydrogen (secondary N) is 1. The second kappa shape index (κ2) is 7.22. The molecule has 0 radical (unpaired) electrons. The highest BCUT2D eigenvalue weighted by atomic mass is 32.2. The van der Waals surface area contributed by atoms with Crippen LogP contribution in [-0.4, -0.2) is 33.1 Å². The largest absolute Gasteiger partial charge is 0.495 e. The average molecular weight is 404 g/mol. The zero-order valence-corrected chi connectivity index (χ0v) is 17.0. The molecule has 6 nitrogen and oxygen atoms in total. The molecular formula is C21H25NO5S. The minimum absolute atomic E-state index is 0.0217. The smallest absolute Gasteiger partial charge is 0.307 e. The Kier molecular flexibility index (Phi) is 5.25. The van der Waals surface area contributed by atoms with Crippen LogP contribution in [0.4, 0.5) is 0 Å². The second-order valence-electron chi connectivity index (χ2n) is 7.89. The van der Waals surface area contributed by atoms with Gasteiger partial charge in [0.25, 0.3) is 0 Å². The standard InChI is InChI=1S/C21H25NO5S/c1-20(2)13-21(20,16-7-5-4-6-8-16)14-22-28(25,26)18-11-15(12-19(23)24)9-10-17(18)27-3/h4-11,22H,12-14H2,1-3H3,(H,23,24). The van der Waals surface area contributed by atoms with Gasteiger partial charge in [0, 0.05) is 12.0 Å². The van der Waals surface area contributed by atoms with Gasteiger partial charge in [-0.25, -0.2) is 13.1 Å². The van der Waals surface area contributed by atoms with E-state index in [-0.39, 0.29) is 34.4 Å². The van der Waals surface area contributed by atoms with Gasteiger partial charge in [0.05, 0.1) is 13.5 Å². The lowest BCUT2D eigenvalue weighted by molar-refractivity contribution is -0.136. The van der Waals surface area contributed by atoms with Crippen LogP contribution in [0.5, 0.6) is 5.75 Å². The van der Waals surface area contributed by atoms with Gasteiger partial charge in [-0.15, -0.1) is 0 Å². The van der Waals surface area contributed by atoms with Crippen molar-refractivity contribution in [2.75, 3.05) is 13.7 Å². The number of benzene rings is 2. The number of carboxylic acid groups (broad SMARTS) is 1. The summed E-state index contributed by atoms with van der Waals surface area (Å²) in [6.45, 7) is 4.52. The minimum atomic E-state index is -3.88. The van der Waals surface area contributed by atoms with E-state index >= 15 is 0 Å². The lowest BCUT2D eigenvalue weighted by Gasteiger charge is -2.22. The number of hydrogen-bond donors (Lipinski definition) is 2. The first-order chi connectivity index (χ1) is 13.1. The normalized spacial score (nSPS) is 20.5. The second-order valence-corrected chi connectivity index (χ2v) is 9.62. The van der Waals surface area contributed by atoms with Crippen molar-refractivity contribution in [1.29, 1.82) is 0 Å². The van der Waals surface area contributed by atoms with Crippen molar-refractivity contribution in [2.45, 2.75) is 37.0 Å². The molecule has 7 heteroatoms. The Labute approximate surface area is 165 Å². The van der Waals surface area contributed by atoms with Gasteiger partial charge in [-0.2, -0.15) is 0 Å². The molecule has 0 aliphatic heterocycles. The number of hydrogen-bond acceptors (Lipinski definition) is 4. The molecule has 1 unspecified atom stereocenters. The van der Waals surface area contributed by atoms with Gasteiger partial charge in [-0.1, -0.05) is 50.2 Å². The SMILES string of the molecule is COc1ccc(CC(=O)O)cc1S(=O)(=O)NCC1(c2ccccc2)CC1(C)C. The molecule has 3 rings (SSSR count). The third-order valence-electron chi connectivity index (χ3n) is 5.68. The first-order valence-electron chi connectivity index (χ1n) is 9.05. The number of carbonyl (C=O) groups is 1. The van der Waals surface area contributed by atoms with Crippen LogP contribution in [0.1, 0.15) is 31.4 Å². The third-order valence-corrected chi connectivity index (χ3v) is 7.10. The van der Waals surface area contributed by atoms with Crippen molar-refractivity contribution in [1.82, 2.24) is 4.72 Å². The summed E-state index contributed by atoms with van der Waals surface area (Å²) in [5.74, 6) is -0.838. The predicted molar refractivity (Wildman–Crippen MR) is 106 cm³/mol. The molecule has 2 aromatic rings. The molecule has 1 atom stereocenters. The first kappa shape index (κ1) is 20.4. The van der Waals surface area contributed by atoms with Crippen LogP contribution in [0.15, 0.2) is 53.4 Å². The van der Waals surface area contributed by atoms with Gasteiger partial charge in [-0.3, -0.25) is 4.79 Å². The van der Waals surface area contributed by atoms with Crippen LogP contribution in [0.25, 0.3) is 0 Å². The summed E-state index contributed by atoms with van der Waals surface area (Å²) in [5, 5.41) is 8.99. The summed E-state index contributed by atoms with van der Waals surface area (Å²) < 4.78 is 34.0. The molecule has 1 aliphatic carbocycles. The van der Waals surface area contributed by atoms with Crippen LogP contribution in [0, 0.1) is 5.41 Å². The molecule has 28 heavy (non-hydrogen) atoms. The van der Waals surface area contributed by atoms with Gasteiger partial charge in [0.1, 0.15) is 10.6 Å². The molecule has 1 fully saturated rings. The third kappa shape index (κ3) is 3.77. The molecule has 1 aliphatic rings. The van der Waals surface area contributed by atoms with Crippen molar-refractivity contribution in [2.24, 2.45) is 5.41 Å². The van der Waals surface area contributed by atoms with E-state index < -0.39 is 16.0 Å². The van der Waals surface area contributed by atoms with E-state index in [1.807, 2.05) is 30.3 Å². The quantitative estimate of drug-likeness (QED) is 0.707. The molecule has 0 amide bonds. The Morgan fingerprint density at radius 2 is 1.82 bits per heavy atom. The monoisotopic (exact) mass is 403 g/mol. The lowest BCUT2D eigenvalue weighted by Crippen LogP contribution is -2.35. The topological polar surface area (TPSA) is 92.7 Å². The van der Waals surface area contributed by atoms with Crippen molar-refractivity contribution < 1.29 is 23.1 Å². The predicted octanol–water partition coefficient (Wildman–Crippen LogP) is 2.97. The molecule has 0 heterocycles. The Hall–Kier alpha value is -2.38. The summed E-state index contributed by atoms with van der Waals surface area (Å²) >= 11 is 0. The fourth-order valence-corrected chi connectivity index (χ4v) is 5.19. The fraction of sp³-hybridized carbons (Fsp3) is 0.381. The molecular weight excluding hydrogens is 378 g/mol. The molecule has 0 aromatic heterocycles. The maximum absolute atomic E-state index is 13.0. The summed E-state index contributed by atoms with van der Waals surface area (Å²) in [7, 11) is -2.49. The molecule has 2 N–H and O–H groups in total. The van der Waals surface area contributed by atoms with Gasteiger partial charge in [0.15, 0.2) is 0 Å². The average Bonchev–Trinajstić information content (AvgIpc) is 3.23. The van der Waals surface area contributed by atoms with Crippen LogP contribution >= 0.6 is 0 Å². The Morgan fingerprint density at radius 3 is 2.36 bits per heavy atom. The molecule has 1 saturated carbocycles. The van der Waals surface area contributed by atoms with Crippen molar-refractivity contribution in [3.63, 3.8) is 0 Å². The van der Waals surface area contributed by atoms with E-state index in [2.05, 4.69) is 18.6 Å². The van der Waals surface area contributed by atoms with Gasteiger partial charge >= 0.3 is 5.97 Å². The van der Waals surface area contributed by atoms with Gasteiger partial charge in [0.2, 0.25) is 10.0 Å². The Balaban J connectivity index is 1.89. The fourth-order valence-electron chi connectivity index (χ4n) is 3.88. The highest BCUT2D eigenvalue weighted by Gasteiger charge is 2.61. The minimum Gasteiger partial charge on any atom is -0.495 e. The van der Waals surface area contributed by atoms with Crippen molar-refractivity contribution >= 4 is 16.0 Å². The lowest BCUT2D eigenvalue weighted by atomic mass is 9.88. The van der Waals surface area contributed by atoms with Crippen molar-refractivity contribution in [3.05, 3.63) is 59.7 Å². The molecule has 2 aromatic carbocycles. The molecule has 0 bridgehead atoms. The van der Waals surface area contributed by atoms with Crippen LogP contribution < -0.4 is 9.46 Å². The molecule has 0 saturated heterocycles. The van der Waals surface area contributed by atoms with E-state index in [0.29, 0.717) is 5.56 Å². The van der Waals surface area contributed by atoms with E-state index in [1.54, 1.807) is 6.07 Å². The number of sulfonamides is 1. The van der Waals surface area contributed by atoms with Gasteiger partial charge in [-0.05, 0) is 35.1 Å². The van der Waals surface area contributed by atoms with Crippen LogP contribution in [0.2, 0.25) is 0 Å². The number of methoxy groups -OCH3 is 1. The van der Waals surface area contributed by atoms with Crippen molar-refractivity contribution in [3.8, 4) is 5.75 Å². The van der Waals surface area contributed by atoms with Crippen LogP contribution in [-0.2, 0) is 26.7 Å². The first-order valence-corrected chi connectivity index (χ1v) is 10.5. The Morgan fingerprint density at radius 1 is 1.18 bits per heavy atom. The Bertz CT molecular complexity index is 985. The molecule has 150 valence electrons. The number of aliphatic carboxylic acids is 1. The highest BCUT2D eigenvalue weighted by molar-refractivity contribution is 7.89. The summed E-state index contributed by atoms with van der Waals surface area (Å²) in [5.41, 5.74) is 1.21. The van der Waals surface area contributed by atoms with Gasteiger partial charge < -0.3 is 9.84 Å². The summed E-state index contributed by atoms with van der Waals surface area (Å²) in [6, 6.07) is 14.3. The highest BCUT2D eigenvalue weighted by Crippen LogP contribution is 2.63. The van der Waals surface area contributed by atoms with E-state index in [0.717, 1.165) is 12.0 Å². The summed E-state index contributed by atoms with van der Waals surface area (Å²) in [6.07, 6.45) is 0.621. The zero-order valence-electron chi connectivity index (χ0n) is 16.2. The maximum atomic E-state index is 13.0. The zero-order chi connectivity index (χ0) is 20.6.